The summed E-state index contributed by atoms with van der Waals surface area (Å²) in [4.78, 5) is 0. The van der Waals surface area contributed by atoms with Gasteiger partial charge in [0.15, 0.2) is 0 Å². The van der Waals surface area contributed by atoms with E-state index in [9.17, 15) is 0 Å². The molecule has 0 radical (unpaired) electrons. The Morgan fingerprint density at radius 3 is 1.21 bits per heavy atom. The summed E-state index contributed by atoms with van der Waals surface area (Å²) < 4.78 is 27.7. The van der Waals surface area contributed by atoms with E-state index in [1.54, 1.807) is 0 Å². The van der Waals surface area contributed by atoms with Gasteiger partial charge in [0, 0.05) is 27.8 Å². The van der Waals surface area contributed by atoms with E-state index >= 15 is 0 Å². The number of aromatic nitrogens is 1. The molecule has 5 rings (SSSR count). The number of benzene rings is 2. The van der Waals surface area contributed by atoms with Crippen molar-refractivity contribution in [1.29, 1.82) is 0 Å². The third-order valence-electron chi connectivity index (χ3n) is 8.42. The van der Waals surface area contributed by atoms with Crippen LogP contribution in [0.2, 0.25) is 0 Å². The second-order valence-electron chi connectivity index (χ2n) is 12.2. The van der Waals surface area contributed by atoms with E-state index in [-0.39, 0.29) is 42.7 Å². The van der Waals surface area contributed by atoms with Gasteiger partial charge in [0.2, 0.25) is 0 Å². The number of rotatable bonds is 3. The smallest absolute Gasteiger partial charge is 0.399 e. The Kier molecular flexibility index (Phi) is 5.18. The molecule has 0 spiro atoms. The first-order valence-corrected chi connectivity index (χ1v) is 12.4. The summed E-state index contributed by atoms with van der Waals surface area (Å²) in [6.07, 6.45) is 0. The van der Waals surface area contributed by atoms with Crippen molar-refractivity contribution < 1.29 is 18.6 Å². The molecule has 0 bridgehead atoms. The molecule has 1 aromatic heterocycles. The molecule has 0 aliphatic carbocycles. The van der Waals surface area contributed by atoms with Gasteiger partial charge in [0.1, 0.15) is 0 Å². The maximum atomic E-state index is 6.33. The Morgan fingerprint density at radius 2 is 0.912 bits per heavy atom. The summed E-state index contributed by atoms with van der Waals surface area (Å²) in [7, 11) is -0.762. The molecule has 2 saturated heterocycles. The lowest BCUT2D eigenvalue weighted by molar-refractivity contribution is 0.00578. The van der Waals surface area contributed by atoms with Crippen molar-refractivity contribution in [2.75, 3.05) is 0 Å². The number of hydrogen-bond donors (Lipinski definition) is 0. The van der Waals surface area contributed by atoms with Gasteiger partial charge in [-0.3, -0.25) is 0 Å². The summed E-state index contributed by atoms with van der Waals surface area (Å²) in [6, 6.07) is 13.4. The zero-order valence-corrected chi connectivity index (χ0v) is 22.3. The molecule has 3 heterocycles. The molecule has 5 nitrogen and oxygen atoms in total. The van der Waals surface area contributed by atoms with Gasteiger partial charge in [-0.1, -0.05) is 24.3 Å². The molecule has 2 aliphatic heterocycles. The summed E-state index contributed by atoms with van der Waals surface area (Å²) in [5.41, 5.74) is 2.99. The van der Waals surface area contributed by atoms with Crippen LogP contribution < -0.4 is 10.9 Å². The molecule has 0 atom stereocenters. The zero-order chi connectivity index (χ0) is 24.8. The molecule has 34 heavy (non-hydrogen) atoms. The highest BCUT2D eigenvalue weighted by molar-refractivity contribution is 6.63. The third-order valence-corrected chi connectivity index (χ3v) is 8.42. The standard InChI is InChI=1S/C27H37B2NO4/c1-17(2)30-22-15-18(28-31-24(3,4)25(5,6)32-28)11-13-20(22)21-14-12-19(16-23(21)30)29-33-26(7,8)27(9,10)34-29/h11-17H,1-10H3. The van der Waals surface area contributed by atoms with Crippen molar-refractivity contribution in [1.82, 2.24) is 4.57 Å². The van der Waals surface area contributed by atoms with Crippen LogP contribution in [0.5, 0.6) is 0 Å². The van der Waals surface area contributed by atoms with Crippen LogP contribution in [0.15, 0.2) is 36.4 Å². The van der Waals surface area contributed by atoms with Crippen molar-refractivity contribution in [2.45, 2.75) is 97.7 Å². The minimum absolute atomic E-state index is 0.280. The first kappa shape index (κ1) is 23.9. The normalized spacial score (nSPS) is 23.0. The van der Waals surface area contributed by atoms with Crippen LogP contribution in [-0.2, 0) is 18.6 Å². The first-order valence-electron chi connectivity index (χ1n) is 12.4. The Balaban J connectivity index is 1.61. The average molecular weight is 461 g/mol. The van der Waals surface area contributed by atoms with Gasteiger partial charge in [0.25, 0.3) is 0 Å². The minimum atomic E-state index is -0.381. The molecular weight excluding hydrogens is 424 g/mol. The first-order chi connectivity index (χ1) is 15.6. The monoisotopic (exact) mass is 461 g/mol. The minimum Gasteiger partial charge on any atom is -0.399 e. The predicted molar refractivity (Wildman–Crippen MR) is 141 cm³/mol. The van der Waals surface area contributed by atoms with E-state index in [0.717, 1.165) is 10.9 Å². The number of fused-ring (bicyclic) bond motifs is 3. The second-order valence-corrected chi connectivity index (χ2v) is 12.2. The third kappa shape index (κ3) is 3.47. The maximum absolute atomic E-state index is 6.33. The molecule has 2 aliphatic rings. The van der Waals surface area contributed by atoms with Crippen molar-refractivity contribution in [3.63, 3.8) is 0 Å². The summed E-state index contributed by atoms with van der Waals surface area (Å²) in [6.45, 7) is 21.2. The fourth-order valence-electron chi connectivity index (χ4n) is 4.89. The van der Waals surface area contributed by atoms with Crippen LogP contribution in [0.1, 0.15) is 75.3 Å². The van der Waals surface area contributed by atoms with Crippen LogP contribution in [0.3, 0.4) is 0 Å². The van der Waals surface area contributed by atoms with E-state index < -0.39 is 0 Å². The SMILES string of the molecule is CC(C)n1c2cc(B3OC(C)(C)C(C)(C)O3)ccc2c2ccc(B3OC(C)(C)C(C)(C)O3)cc21. The lowest BCUT2D eigenvalue weighted by Crippen LogP contribution is -2.41. The van der Waals surface area contributed by atoms with E-state index in [4.69, 9.17) is 18.6 Å². The van der Waals surface area contributed by atoms with Crippen LogP contribution in [-0.4, -0.2) is 41.2 Å². The lowest BCUT2D eigenvalue weighted by Gasteiger charge is -2.32. The van der Waals surface area contributed by atoms with E-state index in [1.165, 1.54) is 21.8 Å². The molecule has 2 fully saturated rings. The summed E-state index contributed by atoms with van der Waals surface area (Å²) in [5.74, 6) is 0. The number of hydrogen-bond acceptors (Lipinski definition) is 4. The van der Waals surface area contributed by atoms with Gasteiger partial charge in [0.05, 0.1) is 22.4 Å². The van der Waals surface area contributed by atoms with Crippen LogP contribution in [0, 0.1) is 0 Å². The van der Waals surface area contributed by atoms with Crippen molar-refractivity contribution in [3.8, 4) is 0 Å². The Bertz CT molecular complexity index is 1150. The second kappa shape index (κ2) is 7.36. The molecular formula is C27H37B2NO4. The van der Waals surface area contributed by atoms with Crippen LogP contribution >= 0.6 is 0 Å². The number of nitrogens with zero attached hydrogens (tertiary/aromatic N) is 1. The predicted octanol–water partition coefficient (Wildman–Crippen LogP) is 4.97. The summed E-state index contributed by atoms with van der Waals surface area (Å²) in [5, 5.41) is 2.45. The molecule has 0 unspecified atom stereocenters. The van der Waals surface area contributed by atoms with Gasteiger partial charge in [-0.2, -0.15) is 0 Å². The lowest BCUT2D eigenvalue weighted by atomic mass is 9.78. The van der Waals surface area contributed by atoms with Gasteiger partial charge in [-0.25, -0.2) is 0 Å². The topological polar surface area (TPSA) is 41.9 Å². The highest BCUT2D eigenvalue weighted by Gasteiger charge is 2.52. The van der Waals surface area contributed by atoms with Crippen molar-refractivity contribution in [2.24, 2.45) is 0 Å². The Morgan fingerprint density at radius 1 is 0.588 bits per heavy atom. The Hall–Kier alpha value is -1.79. The van der Waals surface area contributed by atoms with Crippen molar-refractivity contribution in [3.05, 3.63) is 36.4 Å². The van der Waals surface area contributed by atoms with Crippen molar-refractivity contribution >= 4 is 47.0 Å². The fourth-order valence-corrected chi connectivity index (χ4v) is 4.89. The van der Waals surface area contributed by atoms with E-state index in [1.807, 2.05) is 0 Å². The molecule has 0 saturated carbocycles. The molecule has 2 aromatic carbocycles. The molecule has 3 aromatic rings. The Labute approximate surface area is 204 Å². The van der Waals surface area contributed by atoms with Gasteiger partial charge < -0.3 is 23.2 Å². The fraction of sp³-hybridized carbons (Fsp3) is 0.556. The maximum Gasteiger partial charge on any atom is 0.494 e. The molecule has 0 amide bonds. The van der Waals surface area contributed by atoms with Gasteiger partial charge in [-0.15, -0.1) is 0 Å². The largest absolute Gasteiger partial charge is 0.494 e. The molecule has 7 heteroatoms. The van der Waals surface area contributed by atoms with E-state index in [0.29, 0.717) is 0 Å². The molecule has 180 valence electrons. The van der Waals surface area contributed by atoms with Crippen LogP contribution in [0.25, 0.3) is 21.8 Å². The quantitative estimate of drug-likeness (QED) is 0.517. The van der Waals surface area contributed by atoms with Gasteiger partial charge >= 0.3 is 14.2 Å². The van der Waals surface area contributed by atoms with E-state index in [2.05, 4.69) is 110 Å². The highest BCUT2D eigenvalue weighted by atomic mass is 16.7. The van der Waals surface area contributed by atoms with Gasteiger partial charge in [-0.05, 0) is 92.3 Å². The highest BCUT2D eigenvalue weighted by Crippen LogP contribution is 2.39. The van der Waals surface area contributed by atoms with Crippen LogP contribution in [0.4, 0.5) is 0 Å². The molecule has 0 N–H and O–H groups in total. The average Bonchev–Trinajstić information content (AvgIpc) is 3.24. The summed E-state index contributed by atoms with van der Waals surface area (Å²) >= 11 is 0. The zero-order valence-electron chi connectivity index (χ0n) is 22.3.